The van der Waals surface area contributed by atoms with Crippen LogP contribution < -0.4 is 0 Å². The van der Waals surface area contributed by atoms with E-state index in [1.165, 1.54) is 17.0 Å². The second kappa shape index (κ2) is 6.95. The van der Waals surface area contributed by atoms with E-state index in [4.69, 9.17) is 11.5 Å². The predicted molar refractivity (Wildman–Crippen MR) is 73.4 cm³/mol. The maximum absolute atomic E-state index is 12.5. The average molecular weight is 297 g/mol. The molecule has 0 atom stereocenters. The van der Waals surface area contributed by atoms with Gasteiger partial charge in [0.05, 0.1) is 12.1 Å². The normalized spacial score (nSPS) is 12.3. The van der Waals surface area contributed by atoms with Crippen LogP contribution in [-0.2, 0) is 11.0 Å². The average Bonchev–Trinajstić information content (AvgIpc) is 2.38. The molecule has 21 heavy (non-hydrogen) atoms. The van der Waals surface area contributed by atoms with Gasteiger partial charge in [-0.2, -0.15) is 13.2 Å². The first-order chi connectivity index (χ1) is 9.74. The molecule has 0 aliphatic rings. The highest BCUT2D eigenvalue weighted by molar-refractivity contribution is 5.78. The van der Waals surface area contributed by atoms with Gasteiger partial charge in [-0.25, -0.2) is 0 Å². The number of terminal acetylenes is 1. The molecule has 1 N–H and O–H groups in total. The summed E-state index contributed by atoms with van der Waals surface area (Å²) in [6.45, 7) is 0.133. The van der Waals surface area contributed by atoms with Crippen LogP contribution >= 0.6 is 0 Å². The topological polar surface area (TPSA) is 40.5 Å². The van der Waals surface area contributed by atoms with Crippen molar-refractivity contribution < 1.29 is 23.1 Å². The summed E-state index contributed by atoms with van der Waals surface area (Å²) in [5.41, 5.74) is 0.154. The standard InChI is InChI=1S/C15H14F3NO2/c1-3-11(8-9-19(2)10-14(20)21)12-4-6-13(7-5-12)15(16,17)18/h1,4-8H,9-10H2,2H3,(H,20,21). The lowest BCUT2D eigenvalue weighted by molar-refractivity contribution is -0.138. The molecule has 0 fully saturated rings. The highest BCUT2D eigenvalue weighted by Crippen LogP contribution is 2.29. The summed E-state index contributed by atoms with van der Waals surface area (Å²) in [5.74, 6) is 1.42. The Morgan fingerprint density at radius 1 is 1.38 bits per heavy atom. The van der Waals surface area contributed by atoms with Gasteiger partial charge >= 0.3 is 12.1 Å². The van der Waals surface area contributed by atoms with E-state index >= 15 is 0 Å². The minimum atomic E-state index is -4.39. The molecule has 1 aromatic carbocycles. The molecule has 1 aromatic rings. The van der Waals surface area contributed by atoms with Gasteiger partial charge in [-0.15, -0.1) is 6.42 Å². The Labute approximate surface area is 120 Å². The Morgan fingerprint density at radius 3 is 2.38 bits per heavy atom. The number of carboxylic acid groups (broad SMARTS) is 1. The smallest absolute Gasteiger partial charge is 0.416 e. The number of likely N-dealkylation sites (N-methyl/N-ethyl adjacent to an activating group) is 1. The van der Waals surface area contributed by atoms with Crippen LogP contribution in [0.4, 0.5) is 13.2 Å². The van der Waals surface area contributed by atoms with Crippen LogP contribution in [0, 0.1) is 12.3 Å². The maximum atomic E-state index is 12.5. The molecule has 0 spiro atoms. The molecule has 0 amide bonds. The number of nitrogens with zero attached hydrogens (tertiary/aromatic N) is 1. The van der Waals surface area contributed by atoms with Crippen LogP contribution in [-0.4, -0.2) is 36.1 Å². The van der Waals surface area contributed by atoms with Gasteiger partial charge in [-0.3, -0.25) is 9.69 Å². The third-order valence-electron chi connectivity index (χ3n) is 2.69. The highest BCUT2D eigenvalue weighted by Gasteiger charge is 2.29. The van der Waals surface area contributed by atoms with Crippen LogP contribution in [0.15, 0.2) is 30.3 Å². The van der Waals surface area contributed by atoms with Crippen molar-refractivity contribution in [1.82, 2.24) is 4.90 Å². The number of rotatable bonds is 5. The molecule has 0 saturated carbocycles. The predicted octanol–water partition coefficient (Wildman–Crippen LogP) is 2.74. The van der Waals surface area contributed by atoms with Crippen molar-refractivity contribution in [1.29, 1.82) is 0 Å². The minimum absolute atomic E-state index is 0.151. The summed E-state index contributed by atoms with van der Waals surface area (Å²) >= 11 is 0. The fourth-order valence-corrected chi connectivity index (χ4v) is 1.64. The lowest BCUT2D eigenvalue weighted by atomic mass is 10.0. The van der Waals surface area contributed by atoms with E-state index in [1.54, 1.807) is 13.1 Å². The second-order valence-electron chi connectivity index (χ2n) is 4.43. The molecule has 0 aromatic heterocycles. The lowest BCUT2D eigenvalue weighted by Crippen LogP contribution is -2.25. The molecule has 112 valence electrons. The number of hydrogen-bond donors (Lipinski definition) is 1. The van der Waals surface area contributed by atoms with Gasteiger partial charge in [0.15, 0.2) is 0 Å². The summed E-state index contributed by atoms with van der Waals surface area (Å²) < 4.78 is 37.4. The Morgan fingerprint density at radius 2 is 1.95 bits per heavy atom. The first-order valence-electron chi connectivity index (χ1n) is 5.98. The lowest BCUT2D eigenvalue weighted by Gasteiger charge is -2.12. The summed E-state index contributed by atoms with van der Waals surface area (Å²) in [4.78, 5) is 12.0. The zero-order valence-corrected chi connectivity index (χ0v) is 11.3. The van der Waals surface area contributed by atoms with E-state index in [0.29, 0.717) is 11.1 Å². The van der Waals surface area contributed by atoms with Crippen molar-refractivity contribution in [2.24, 2.45) is 0 Å². The number of hydrogen-bond acceptors (Lipinski definition) is 2. The largest absolute Gasteiger partial charge is 0.480 e. The molecule has 0 aliphatic heterocycles. The Bertz CT molecular complexity index is 568. The molecular formula is C15H14F3NO2. The number of allylic oxidation sites excluding steroid dienone is 1. The van der Waals surface area contributed by atoms with E-state index < -0.39 is 17.7 Å². The van der Waals surface area contributed by atoms with Crippen LogP contribution in [0.2, 0.25) is 0 Å². The van der Waals surface area contributed by atoms with E-state index in [1.807, 2.05) is 0 Å². The first kappa shape index (κ1) is 16.8. The fraction of sp³-hybridized carbons (Fsp3) is 0.267. The van der Waals surface area contributed by atoms with E-state index in [2.05, 4.69) is 5.92 Å². The van der Waals surface area contributed by atoms with Gasteiger partial charge in [0.2, 0.25) is 0 Å². The van der Waals surface area contributed by atoms with Crippen LogP contribution in [0.25, 0.3) is 5.57 Å². The van der Waals surface area contributed by atoms with Gasteiger partial charge in [0.25, 0.3) is 0 Å². The molecule has 0 unspecified atom stereocenters. The second-order valence-corrected chi connectivity index (χ2v) is 4.43. The monoisotopic (exact) mass is 297 g/mol. The Balaban J connectivity index is 2.86. The van der Waals surface area contributed by atoms with Crippen molar-refractivity contribution in [3.63, 3.8) is 0 Å². The van der Waals surface area contributed by atoms with Gasteiger partial charge in [-0.1, -0.05) is 24.1 Å². The summed E-state index contributed by atoms with van der Waals surface area (Å²) in [6, 6.07) is 4.51. The Hall–Kier alpha value is -2.26. The number of alkyl halides is 3. The van der Waals surface area contributed by atoms with E-state index in [-0.39, 0.29) is 13.1 Å². The van der Waals surface area contributed by atoms with Crippen molar-refractivity contribution in [3.8, 4) is 12.3 Å². The zero-order chi connectivity index (χ0) is 16.0. The molecule has 0 bridgehead atoms. The first-order valence-corrected chi connectivity index (χ1v) is 5.98. The Kier molecular flexibility index (Phi) is 5.56. The summed E-state index contributed by atoms with van der Waals surface area (Å²) in [5, 5.41) is 8.62. The van der Waals surface area contributed by atoms with Crippen LogP contribution in [0.1, 0.15) is 11.1 Å². The molecule has 6 heteroatoms. The maximum Gasteiger partial charge on any atom is 0.416 e. The van der Waals surface area contributed by atoms with Crippen molar-refractivity contribution in [2.75, 3.05) is 20.1 Å². The third kappa shape index (κ3) is 5.32. The van der Waals surface area contributed by atoms with Crippen molar-refractivity contribution in [3.05, 3.63) is 41.5 Å². The quantitative estimate of drug-likeness (QED) is 0.850. The molecule has 1 rings (SSSR count). The third-order valence-corrected chi connectivity index (χ3v) is 2.69. The number of aliphatic carboxylic acids is 1. The van der Waals surface area contributed by atoms with Gasteiger partial charge < -0.3 is 5.11 Å². The van der Waals surface area contributed by atoms with Crippen LogP contribution in [0.5, 0.6) is 0 Å². The molecular weight excluding hydrogens is 283 g/mol. The number of benzene rings is 1. The molecule has 3 nitrogen and oxygen atoms in total. The van der Waals surface area contributed by atoms with Crippen LogP contribution in [0.3, 0.4) is 0 Å². The van der Waals surface area contributed by atoms with Gasteiger partial charge in [0, 0.05) is 12.1 Å². The molecule has 0 radical (unpaired) electrons. The van der Waals surface area contributed by atoms with Gasteiger partial charge in [-0.05, 0) is 24.7 Å². The van der Waals surface area contributed by atoms with E-state index in [9.17, 15) is 18.0 Å². The van der Waals surface area contributed by atoms with Gasteiger partial charge in [0.1, 0.15) is 0 Å². The molecule has 0 saturated heterocycles. The minimum Gasteiger partial charge on any atom is -0.480 e. The number of carboxylic acids is 1. The highest BCUT2D eigenvalue weighted by atomic mass is 19.4. The van der Waals surface area contributed by atoms with Crippen molar-refractivity contribution >= 4 is 11.5 Å². The zero-order valence-electron chi connectivity index (χ0n) is 11.3. The van der Waals surface area contributed by atoms with E-state index in [0.717, 1.165) is 12.1 Å². The summed E-state index contributed by atoms with van der Waals surface area (Å²) in [6.07, 6.45) is 2.55. The summed E-state index contributed by atoms with van der Waals surface area (Å²) in [7, 11) is 1.60. The van der Waals surface area contributed by atoms with Crippen molar-refractivity contribution in [2.45, 2.75) is 6.18 Å². The number of halogens is 3. The molecule has 0 heterocycles. The number of carbonyl (C=O) groups is 1. The fourth-order valence-electron chi connectivity index (χ4n) is 1.64. The molecule has 0 aliphatic carbocycles. The SMILES string of the molecule is C#CC(=CCN(C)CC(=O)O)c1ccc(C(F)(F)F)cc1.